The smallest absolute Gasteiger partial charge is 0.266 e. The Bertz CT molecular complexity index is 1630. The fourth-order valence-electron chi connectivity index (χ4n) is 3.72. The number of amides is 2. The van der Waals surface area contributed by atoms with Gasteiger partial charge in [0.25, 0.3) is 11.8 Å². The Morgan fingerprint density at radius 2 is 1.25 bits per heavy atom. The number of rotatable bonds is 7. The molecule has 1 heterocycles. The molecule has 0 aliphatic carbocycles. The zero-order valence-corrected chi connectivity index (χ0v) is 20.0. The topological polar surface area (TPSA) is 80.8 Å². The van der Waals surface area contributed by atoms with Crippen molar-refractivity contribution in [3.63, 3.8) is 0 Å². The Labute approximate surface area is 218 Å². The van der Waals surface area contributed by atoms with E-state index >= 15 is 0 Å². The van der Waals surface area contributed by atoms with Crippen LogP contribution in [-0.2, 0) is 14.4 Å². The molecular formula is C24H12F9NO5S. The van der Waals surface area contributed by atoms with Crippen LogP contribution < -0.4 is 0 Å². The highest BCUT2D eigenvalue weighted by atomic mass is 32.2. The first-order valence-electron chi connectivity index (χ1n) is 10.7. The van der Waals surface area contributed by atoms with Crippen molar-refractivity contribution in [1.82, 2.24) is 5.06 Å². The minimum Gasteiger partial charge on any atom is -0.266 e. The first-order chi connectivity index (χ1) is 18.3. The fourth-order valence-corrected chi connectivity index (χ4v) is 4.59. The van der Waals surface area contributed by atoms with Gasteiger partial charge in [-0.1, -0.05) is 60.7 Å². The van der Waals surface area contributed by atoms with Gasteiger partial charge in [-0.25, -0.2) is 0 Å². The zero-order chi connectivity index (χ0) is 29.9. The number of hydrogen-bond acceptors (Lipinski definition) is 5. The van der Waals surface area contributed by atoms with Crippen LogP contribution in [0.2, 0.25) is 0 Å². The monoisotopic (exact) mass is 597 g/mol. The lowest BCUT2D eigenvalue weighted by molar-refractivity contribution is -0.383. The number of nitrogens with zero attached hydrogens (tertiary/aromatic N) is 1. The molecule has 0 saturated carbocycles. The highest BCUT2D eigenvalue weighted by Crippen LogP contribution is 2.55. The van der Waals surface area contributed by atoms with Gasteiger partial charge >= 0.3 is 33.4 Å². The molecule has 4 rings (SSSR count). The summed E-state index contributed by atoms with van der Waals surface area (Å²) >= 11 is 0. The van der Waals surface area contributed by atoms with Crippen LogP contribution in [0, 0.1) is 0 Å². The van der Waals surface area contributed by atoms with Gasteiger partial charge in [0.05, 0.1) is 11.1 Å². The lowest BCUT2D eigenvalue weighted by Gasteiger charge is -2.33. The normalized spacial score (nSPS) is 15.4. The summed E-state index contributed by atoms with van der Waals surface area (Å²) in [4.78, 5) is 25.7. The molecule has 40 heavy (non-hydrogen) atoms. The van der Waals surface area contributed by atoms with Gasteiger partial charge in [-0.05, 0) is 28.6 Å². The van der Waals surface area contributed by atoms with Crippen molar-refractivity contribution in [1.29, 1.82) is 0 Å². The molecule has 1 aliphatic rings. The Morgan fingerprint density at radius 3 is 1.82 bits per heavy atom. The summed E-state index contributed by atoms with van der Waals surface area (Å²) in [5.41, 5.74) is 0.0854. The van der Waals surface area contributed by atoms with Gasteiger partial charge < -0.3 is 0 Å². The molecule has 0 unspecified atom stereocenters. The highest BCUT2D eigenvalue weighted by molar-refractivity contribution is 7.87. The number of carbonyl (C=O) groups excluding carboxylic acids is 2. The number of carbonyl (C=O) groups is 2. The quantitative estimate of drug-likeness (QED) is 0.182. The molecule has 1 aliphatic heterocycles. The second-order valence-electron chi connectivity index (χ2n) is 8.27. The first-order valence-corrected chi connectivity index (χ1v) is 12.1. The molecule has 0 spiro atoms. The van der Waals surface area contributed by atoms with E-state index in [1.807, 2.05) is 0 Å². The molecule has 0 fully saturated rings. The third-order valence-electron chi connectivity index (χ3n) is 5.76. The van der Waals surface area contributed by atoms with E-state index in [4.69, 9.17) is 0 Å². The van der Waals surface area contributed by atoms with Gasteiger partial charge in [-0.15, -0.1) is 9.35 Å². The summed E-state index contributed by atoms with van der Waals surface area (Å²) in [5, 5.41) is -8.08. The largest absolute Gasteiger partial charge is 0.460 e. The van der Waals surface area contributed by atoms with E-state index in [9.17, 15) is 57.5 Å². The van der Waals surface area contributed by atoms with Crippen molar-refractivity contribution in [3.8, 4) is 0 Å². The van der Waals surface area contributed by atoms with E-state index in [0.29, 0.717) is 5.56 Å². The van der Waals surface area contributed by atoms with Gasteiger partial charge in [-0.2, -0.15) is 47.9 Å². The van der Waals surface area contributed by atoms with E-state index < -0.39 is 61.4 Å². The predicted octanol–water partition coefficient (Wildman–Crippen LogP) is 6.29. The van der Waals surface area contributed by atoms with Crippen LogP contribution in [0.25, 0.3) is 22.9 Å². The van der Waals surface area contributed by atoms with Gasteiger partial charge in [-0.3, -0.25) is 9.59 Å². The highest BCUT2D eigenvalue weighted by Gasteiger charge is 2.86. The molecule has 16 heteroatoms. The second-order valence-corrected chi connectivity index (χ2v) is 9.84. The maximum atomic E-state index is 14.1. The molecule has 0 saturated heterocycles. The first kappa shape index (κ1) is 29.1. The van der Waals surface area contributed by atoms with Crippen molar-refractivity contribution < 1.29 is 61.8 Å². The summed E-state index contributed by atoms with van der Waals surface area (Å²) in [7, 11) is -7.54. The summed E-state index contributed by atoms with van der Waals surface area (Å²) in [6.45, 7) is 0. The van der Waals surface area contributed by atoms with Crippen LogP contribution in [-0.4, -0.2) is 48.6 Å². The number of halogens is 9. The molecule has 3 aromatic rings. The average Bonchev–Trinajstić information content (AvgIpc) is 2.88. The van der Waals surface area contributed by atoms with Crippen molar-refractivity contribution in [3.05, 3.63) is 82.9 Å². The minimum absolute atomic E-state index is 0.120. The number of benzene rings is 3. The number of alkyl halides is 9. The van der Waals surface area contributed by atoms with Crippen molar-refractivity contribution in [2.45, 2.75) is 23.3 Å². The maximum Gasteiger partial charge on any atom is 0.460 e. The Hall–Kier alpha value is -3.92. The molecule has 2 amide bonds. The Kier molecular flexibility index (Phi) is 6.78. The number of hydrogen-bond donors (Lipinski definition) is 0. The van der Waals surface area contributed by atoms with Crippen LogP contribution >= 0.6 is 0 Å². The maximum absolute atomic E-state index is 14.1. The molecule has 3 aromatic carbocycles. The predicted molar refractivity (Wildman–Crippen MR) is 121 cm³/mol. The Balaban J connectivity index is 1.74. The Morgan fingerprint density at radius 1 is 0.675 bits per heavy atom. The SMILES string of the molecule is O=C1c2cccc3c(/C=C/c4ccccc4)ccc(c23)C(=O)N1OS(=O)(=O)C(F)(F)C(F)(F)C(F)(F)C(F)(F)F. The van der Waals surface area contributed by atoms with Crippen LogP contribution in [0.4, 0.5) is 39.5 Å². The third kappa shape index (κ3) is 4.30. The van der Waals surface area contributed by atoms with Gasteiger partial charge in [0.2, 0.25) is 0 Å². The molecular weight excluding hydrogens is 585 g/mol. The lowest BCUT2D eigenvalue weighted by Crippen LogP contribution is -2.64. The standard InChI is InChI=1S/C24H12F9NO5S/c25-21(26,23(29,30)31)22(27,28)24(32,33)40(37,38)39-34-19(35)16-8-4-7-15-14(10-9-13-5-2-1-3-6-13)11-12-17(18(15)16)20(34)36/h1-12H/b10-9+. The lowest BCUT2D eigenvalue weighted by atomic mass is 9.92. The number of imide groups is 1. The second kappa shape index (κ2) is 9.33. The van der Waals surface area contributed by atoms with Crippen LogP contribution in [0.5, 0.6) is 0 Å². The number of hydroxylamine groups is 2. The molecule has 0 bridgehead atoms. The van der Waals surface area contributed by atoms with Crippen LogP contribution in [0.3, 0.4) is 0 Å². The van der Waals surface area contributed by atoms with Gasteiger partial charge in [0.15, 0.2) is 0 Å². The summed E-state index contributed by atoms with van der Waals surface area (Å²) in [6.07, 6.45) is -4.06. The molecule has 0 radical (unpaired) electrons. The van der Waals surface area contributed by atoms with E-state index in [0.717, 1.165) is 17.7 Å². The van der Waals surface area contributed by atoms with Crippen molar-refractivity contribution >= 4 is 44.9 Å². The van der Waals surface area contributed by atoms with Gasteiger partial charge in [0.1, 0.15) is 0 Å². The molecule has 0 aromatic heterocycles. The molecule has 6 nitrogen and oxygen atoms in total. The summed E-state index contributed by atoms with van der Waals surface area (Å²) in [5.74, 6) is -18.8. The van der Waals surface area contributed by atoms with E-state index in [1.165, 1.54) is 18.2 Å². The van der Waals surface area contributed by atoms with E-state index in [-0.39, 0.29) is 10.8 Å². The molecule has 0 N–H and O–H groups in total. The summed E-state index contributed by atoms with van der Waals surface area (Å²) in [6, 6.07) is 14.8. The molecule has 212 valence electrons. The zero-order valence-electron chi connectivity index (χ0n) is 19.2. The molecule has 0 atom stereocenters. The van der Waals surface area contributed by atoms with E-state index in [2.05, 4.69) is 4.28 Å². The fraction of sp³-hybridized carbons (Fsp3) is 0.167. The van der Waals surface area contributed by atoms with Crippen LogP contribution in [0.15, 0.2) is 60.7 Å². The van der Waals surface area contributed by atoms with Crippen molar-refractivity contribution in [2.75, 3.05) is 0 Å². The van der Waals surface area contributed by atoms with Crippen molar-refractivity contribution in [2.24, 2.45) is 0 Å². The van der Waals surface area contributed by atoms with Crippen LogP contribution in [0.1, 0.15) is 31.8 Å². The third-order valence-corrected chi connectivity index (χ3v) is 6.99. The summed E-state index contributed by atoms with van der Waals surface area (Å²) < 4.78 is 147. The minimum atomic E-state index is -7.61. The van der Waals surface area contributed by atoms with E-state index in [1.54, 1.807) is 42.5 Å². The average molecular weight is 597 g/mol. The van der Waals surface area contributed by atoms with Gasteiger partial charge in [0, 0.05) is 5.39 Å².